The minimum Gasteiger partial charge on any atom is -0.475 e. The molecular formula is C15H14BrN3O. The molecule has 0 amide bonds. The fourth-order valence-corrected chi connectivity index (χ4v) is 2.44. The summed E-state index contributed by atoms with van der Waals surface area (Å²) in [6, 6.07) is 10.4. The van der Waals surface area contributed by atoms with Crippen LogP contribution in [0.15, 0.2) is 53.5 Å². The normalized spacial score (nSPS) is 10.8. The lowest BCUT2D eigenvalue weighted by Crippen LogP contribution is -2.03. The van der Waals surface area contributed by atoms with Gasteiger partial charge in [-0.1, -0.05) is 30.3 Å². The minimum absolute atomic E-state index is 0.567. The van der Waals surface area contributed by atoms with E-state index in [1.807, 2.05) is 22.9 Å². The Labute approximate surface area is 125 Å². The molecule has 4 nitrogen and oxygen atoms in total. The molecule has 0 saturated carbocycles. The highest BCUT2D eigenvalue weighted by Crippen LogP contribution is 2.19. The highest BCUT2D eigenvalue weighted by atomic mass is 79.9. The molecule has 0 bridgehead atoms. The smallest absolute Gasteiger partial charge is 0.259 e. The summed E-state index contributed by atoms with van der Waals surface area (Å²) in [5, 5.41) is 0. The van der Waals surface area contributed by atoms with Gasteiger partial charge in [0, 0.05) is 18.6 Å². The lowest BCUT2D eigenvalue weighted by molar-refractivity contribution is 0.300. The molecular weight excluding hydrogens is 318 g/mol. The van der Waals surface area contributed by atoms with Crippen molar-refractivity contribution in [2.75, 3.05) is 6.61 Å². The monoisotopic (exact) mass is 331 g/mol. The Kier molecular flexibility index (Phi) is 3.97. The van der Waals surface area contributed by atoms with Crippen molar-refractivity contribution < 1.29 is 4.74 Å². The summed E-state index contributed by atoms with van der Waals surface area (Å²) >= 11 is 3.37. The zero-order valence-corrected chi connectivity index (χ0v) is 12.5. The van der Waals surface area contributed by atoms with Gasteiger partial charge in [0.2, 0.25) is 5.65 Å². The zero-order chi connectivity index (χ0) is 13.8. The number of fused-ring (bicyclic) bond motifs is 1. The largest absolute Gasteiger partial charge is 0.475 e. The van der Waals surface area contributed by atoms with E-state index in [2.05, 4.69) is 50.2 Å². The second-order valence-corrected chi connectivity index (χ2v) is 5.28. The molecule has 0 unspecified atom stereocenters. The van der Waals surface area contributed by atoms with Crippen LogP contribution in [-0.2, 0) is 6.42 Å². The topological polar surface area (TPSA) is 39.4 Å². The number of rotatable bonds is 5. The Morgan fingerprint density at radius 1 is 1.20 bits per heavy atom. The summed E-state index contributed by atoms with van der Waals surface area (Å²) in [5.41, 5.74) is 2.07. The summed E-state index contributed by atoms with van der Waals surface area (Å²) < 4.78 is 8.39. The van der Waals surface area contributed by atoms with E-state index >= 15 is 0 Å². The summed E-state index contributed by atoms with van der Waals surface area (Å²) in [6.45, 7) is 0.626. The van der Waals surface area contributed by atoms with Crippen LogP contribution in [0.5, 0.6) is 5.88 Å². The Bertz CT molecular complexity index is 697. The quantitative estimate of drug-likeness (QED) is 0.671. The Morgan fingerprint density at radius 2 is 2.05 bits per heavy atom. The first-order valence-corrected chi connectivity index (χ1v) is 7.28. The van der Waals surface area contributed by atoms with Crippen molar-refractivity contribution in [3.8, 4) is 5.88 Å². The van der Waals surface area contributed by atoms with Gasteiger partial charge in [0.1, 0.15) is 4.60 Å². The molecule has 0 spiro atoms. The van der Waals surface area contributed by atoms with Gasteiger partial charge in [-0.3, -0.25) is 4.40 Å². The van der Waals surface area contributed by atoms with Crippen LogP contribution in [0, 0.1) is 0 Å². The minimum atomic E-state index is 0.567. The molecule has 0 atom stereocenters. The SMILES string of the molecule is Brc1cn2ccnc2c(OCCCc2ccccc2)n1. The van der Waals surface area contributed by atoms with E-state index in [4.69, 9.17) is 4.74 Å². The van der Waals surface area contributed by atoms with E-state index in [9.17, 15) is 0 Å². The van der Waals surface area contributed by atoms with Crippen LogP contribution >= 0.6 is 15.9 Å². The second-order valence-electron chi connectivity index (χ2n) is 4.46. The number of halogens is 1. The molecule has 0 aliphatic heterocycles. The average Bonchev–Trinajstić information content (AvgIpc) is 2.92. The number of benzene rings is 1. The third-order valence-corrected chi connectivity index (χ3v) is 3.39. The third-order valence-electron chi connectivity index (χ3n) is 3.01. The Hall–Kier alpha value is -1.88. The van der Waals surface area contributed by atoms with Crippen LogP contribution in [0.3, 0.4) is 0 Å². The fraction of sp³-hybridized carbons (Fsp3) is 0.200. The highest BCUT2D eigenvalue weighted by molar-refractivity contribution is 9.10. The lowest BCUT2D eigenvalue weighted by Gasteiger charge is -2.07. The van der Waals surface area contributed by atoms with Gasteiger partial charge in [0.05, 0.1) is 6.61 Å². The lowest BCUT2D eigenvalue weighted by atomic mass is 10.1. The summed E-state index contributed by atoms with van der Waals surface area (Å²) in [5.74, 6) is 0.567. The van der Waals surface area contributed by atoms with Crippen molar-refractivity contribution in [3.05, 3.63) is 59.1 Å². The van der Waals surface area contributed by atoms with Crippen molar-refractivity contribution >= 4 is 21.6 Å². The molecule has 0 fully saturated rings. The van der Waals surface area contributed by atoms with E-state index in [1.165, 1.54) is 5.56 Å². The van der Waals surface area contributed by atoms with Crippen molar-refractivity contribution in [3.63, 3.8) is 0 Å². The highest BCUT2D eigenvalue weighted by Gasteiger charge is 2.07. The molecule has 0 aliphatic carbocycles. The first kappa shape index (κ1) is 13.1. The molecule has 0 aliphatic rings. The summed E-state index contributed by atoms with van der Waals surface area (Å²) in [6.07, 6.45) is 7.42. The van der Waals surface area contributed by atoms with Crippen molar-refractivity contribution in [1.82, 2.24) is 14.4 Å². The number of hydrogen-bond acceptors (Lipinski definition) is 3. The van der Waals surface area contributed by atoms with Gasteiger partial charge < -0.3 is 4.74 Å². The molecule has 0 radical (unpaired) electrons. The standard InChI is InChI=1S/C15H14BrN3O/c16-13-11-19-9-8-17-14(19)15(18-13)20-10-4-7-12-5-2-1-3-6-12/h1-3,5-6,8-9,11H,4,7,10H2. The summed E-state index contributed by atoms with van der Waals surface area (Å²) in [4.78, 5) is 8.58. The van der Waals surface area contributed by atoms with E-state index < -0.39 is 0 Å². The molecule has 20 heavy (non-hydrogen) atoms. The van der Waals surface area contributed by atoms with Crippen LogP contribution in [0.4, 0.5) is 0 Å². The number of ether oxygens (including phenoxy) is 1. The second kappa shape index (κ2) is 6.05. The Morgan fingerprint density at radius 3 is 2.90 bits per heavy atom. The molecule has 3 rings (SSSR count). The van der Waals surface area contributed by atoms with Crippen LogP contribution in [-0.4, -0.2) is 21.0 Å². The number of aryl methyl sites for hydroxylation is 1. The predicted octanol–water partition coefficient (Wildman–Crippen LogP) is 3.50. The van der Waals surface area contributed by atoms with E-state index in [0.717, 1.165) is 23.1 Å². The van der Waals surface area contributed by atoms with Crippen LogP contribution in [0.1, 0.15) is 12.0 Å². The van der Waals surface area contributed by atoms with E-state index in [1.54, 1.807) is 6.20 Å². The molecule has 2 heterocycles. The molecule has 3 aromatic rings. The first-order chi connectivity index (χ1) is 9.83. The van der Waals surface area contributed by atoms with Crippen molar-refractivity contribution in [2.24, 2.45) is 0 Å². The molecule has 2 aromatic heterocycles. The fourth-order valence-electron chi connectivity index (χ4n) is 2.06. The van der Waals surface area contributed by atoms with Gasteiger partial charge in [-0.05, 0) is 34.3 Å². The molecule has 0 saturated heterocycles. The van der Waals surface area contributed by atoms with Crippen LogP contribution in [0.2, 0.25) is 0 Å². The maximum atomic E-state index is 5.76. The maximum absolute atomic E-state index is 5.76. The molecule has 102 valence electrons. The predicted molar refractivity (Wildman–Crippen MR) is 80.9 cm³/mol. The molecule has 5 heteroatoms. The third kappa shape index (κ3) is 2.99. The maximum Gasteiger partial charge on any atom is 0.259 e. The van der Waals surface area contributed by atoms with Gasteiger partial charge >= 0.3 is 0 Å². The molecule has 1 aromatic carbocycles. The van der Waals surface area contributed by atoms with Gasteiger partial charge in [0.25, 0.3) is 5.88 Å². The van der Waals surface area contributed by atoms with Crippen molar-refractivity contribution in [2.45, 2.75) is 12.8 Å². The summed E-state index contributed by atoms with van der Waals surface area (Å²) in [7, 11) is 0. The van der Waals surface area contributed by atoms with Crippen molar-refractivity contribution in [1.29, 1.82) is 0 Å². The van der Waals surface area contributed by atoms with E-state index in [-0.39, 0.29) is 0 Å². The average molecular weight is 332 g/mol. The number of hydrogen-bond donors (Lipinski definition) is 0. The van der Waals surface area contributed by atoms with Gasteiger partial charge in [0.15, 0.2) is 0 Å². The van der Waals surface area contributed by atoms with Crippen LogP contribution in [0.25, 0.3) is 5.65 Å². The van der Waals surface area contributed by atoms with Gasteiger partial charge in [-0.2, -0.15) is 0 Å². The van der Waals surface area contributed by atoms with Gasteiger partial charge in [-0.15, -0.1) is 0 Å². The first-order valence-electron chi connectivity index (χ1n) is 6.49. The zero-order valence-electron chi connectivity index (χ0n) is 10.9. The number of imidazole rings is 1. The number of aromatic nitrogens is 3. The van der Waals surface area contributed by atoms with Gasteiger partial charge in [-0.25, -0.2) is 9.97 Å². The number of nitrogens with zero attached hydrogens (tertiary/aromatic N) is 3. The molecule has 0 N–H and O–H groups in total. The van der Waals surface area contributed by atoms with E-state index in [0.29, 0.717) is 12.5 Å². The Balaban J connectivity index is 1.61. The van der Waals surface area contributed by atoms with Crippen LogP contribution < -0.4 is 4.74 Å².